The monoisotopic (exact) mass is 440 g/mol. The highest BCUT2D eigenvalue weighted by molar-refractivity contribution is 6.34. The molecule has 5 rings (SSSR count). The molecule has 0 fully saturated rings. The molecule has 3 aromatic rings. The van der Waals surface area contributed by atoms with Crippen LogP contribution >= 0.6 is 0 Å². The maximum absolute atomic E-state index is 12.7. The highest BCUT2D eigenvalue weighted by Crippen LogP contribution is 2.29. The van der Waals surface area contributed by atoms with Crippen molar-refractivity contribution in [2.24, 2.45) is 0 Å². The van der Waals surface area contributed by atoms with Crippen LogP contribution in [0.4, 0.5) is 5.69 Å². The highest BCUT2D eigenvalue weighted by atomic mass is 16.5. The number of amides is 3. The van der Waals surface area contributed by atoms with E-state index in [1.165, 1.54) is 17.7 Å². The summed E-state index contributed by atoms with van der Waals surface area (Å²) in [6.07, 6.45) is 0.762. The molecule has 3 aromatic carbocycles. The first kappa shape index (κ1) is 20.6. The number of ether oxygens (including phenoxy) is 1. The van der Waals surface area contributed by atoms with Crippen molar-refractivity contribution in [3.8, 4) is 0 Å². The number of imide groups is 1. The molecule has 3 amide bonds. The number of carbonyl (C=O) groups excluding carboxylic acids is 4. The number of benzene rings is 3. The first-order valence-electron chi connectivity index (χ1n) is 10.6. The standard InChI is InChI=1S/C26H20N2O5/c29-23(27-13-12-17-6-1-2-7-19(17)15-27)16-33-26(32)18-8-5-9-20(14-18)28-24(30)21-10-3-4-11-22(21)25(28)31/h1-11,14H,12-13,15-16H2. The van der Waals surface area contributed by atoms with E-state index in [9.17, 15) is 19.2 Å². The summed E-state index contributed by atoms with van der Waals surface area (Å²) >= 11 is 0. The summed E-state index contributed by atoms with van der Waals surface area (Å²) in [5.74, 6) is -1.85. The number of nitrogens with zero attached hydrogens (tertiary/aromatic N) is 2. The van der Waals surface area contributed by atoms with Crippen molar-refractivity contribution in [1.82, 2.24) is 4.90 Å². The SMILES string of the molecule is O=C(OCC(=O)N1CCc2ccccc2C1)c1cccc(N2C(=O)c3ccccc3C2=O)c1. The highest BCUT2D eigenvalue weighted by Gasteiger charge is 2.36. The van der Waals surface area contributed by atoms with Gasteiger partial charge in [0.25, 0.3) is 17.7 Å². The van der Waals surface area contributed by atoms with Gasteiger partial charge in [0.1, 0.15) is 0 Å². The predicted octanol–water partition coefficient (Wildman–Crippen LogP) is 3.23. The van der Waals surface area contributed by atoms with Crippen molar-refractivity contribution in [3.05, 3.63) is 101 Å². The van der Waals surface area contributed by atoms with E-state index >= 15 is 0 Å². The van der Waals surface area contributed by atoms with Gasteiger partial charge in [0.05, 0.1) is 22.4 Å². The topological polar surface area (TPSA) is 84.0 Å². The lowest BCUT2D eigenvalue weighted by atomic mass is 10.00. The third kappa shape index (κ3) is 3.78. The Labute approximate surface area is 190 Å². The van der Waals surface area contributed by atoms with Crippen LogP contribution in [-0.2, 0) is 22.5 Å². The number of hydrogen-bond acceptors (Lipinski definition) is 5. The molecule has 0 unspecified atom stereocenters. The summed E-state index contributed by atoms with van der Waals surface area (Å²) in [5, 5.41) is 0. The normalized spacial score (nSPS) is 14.7. The Morgan fingerprint density at radius 2 is 1.48 bits per heavy atom. The average molecular weight is 440 g/mol. The second-order valence-corrected chi connectivity index (χ2v) is 7.95. The zero-order valence-electron chi connectivity index (χ0n) is 17.7. The largest absolute Gasteiger partial charge is 0.452 e. The number of anilines is 1. The molecule has 0 saturated carbocycles. The van der Waals surface area contributed by atoms with Gasteiger partial charge in [0.2, 0.25) is 0 Å². The smallest absolute Gasteiger partial charge is 0.338 e. The Hall–Kier alpha value is -4.26. The molecule has 0 atom stereocenters. The molecule has 0 N–H and O–H groups in total. The van der Waals surface area contributed by atoms with Crippen molar-refractivity contribution in [2.75, 3.05) is 18.1 Å². The number of rotatable bonds is 4. The maximum Gasteiger partial charge on any atom is 0.338 e. The van der Waals surface area contributed by atoms with E-state index in [0.717, 1.165) is 16.9 Å². The summed E-state index contributed by atoms with van der Waals surface area (Å²) in [6.45, 7) is 0.683. The molecular formula is C26H20N2O5. The van der Waals surface area contributed by atoms with Crippen molar-refractivity contribution in [3.63, 3.8) is 0 Å². The summed E-state index contributed by atoms with van der Waals surface area (Å²) in [6, 6.07) is 20.6. The van der Waals surface area contributed by atoms with Crippen molar-refractivity contribution in [2.45, 2.75) is 13.0 Å². The first-order valence-corrected chi connectivity index (χ1v) is 10.6. The van der Waals surface area contributed by atoms with Gasteiger partial charge in [-0.2, -0.15) is 0 Å². The lowest BCUT2D eigenvalue weighted by Gasteiger charge is -2.28. The zero-order valence-corrected chi connectivity index (χ0v) is 17.7. The number of carbonyl (C=O) groups is 4. The Morgan fingerprint density at radius 1 is 0.818 bits per heavy atom. The van der Waals surface area contributed by atoms with Gasteiger partial charge >= 0.3 is 5.97 Å². The number of fused-ring (bicyclic) bond motifs is 2. The molecule has 0 bridgehead atoms. The van der Waals surface area contributed by atoms with Gasteiger partial charge in [-0.15, -0.1) is 0 Å². The van der Waals surface area contributed by atoms with Gasteiger partial charge in [0, 0.05) is 13.1 Å². The summed E-state index contributed by atoms with van der Waals surface area (Å²) in [7, 11) is 0. The van der Waals surface area contributed by atoms with E-state index < -0.39 is 17.8 Å². The molecule has 0 saturated heterocycles. The Kier molecular flexibility index (Phi) is 5.22. The zero-order chi connectivity index (χ0) is 22.9. The van der Waals surface area contributed by atoms with Crippen LogP contribution in [0.2, 0.25) is 0 Å². The second-order valence-electron chi connectivity index (χ2n) is 7.95. The van der Waals surface area contributed by atoms with Gasteiger partial charge in [-0.3, -0.25) is 14.4 Å². The molecular weight excluding hydrogens is 420 g/mol. The molecule has 7 heteroatoms. The van der Waals surface area contributed by atoms with Crippen molar-refractivity contribution < 1.29 is 23.9 Å². The van der Waals surface area contributed by atoms with Gasteiger partial charge in [-0.1, -0.05) is 42.5 Å². The van der Waals surface area contributed by atoms with Crippen LogP contribution in [0.25, 0.3) is 0 Å². The third-order valence-electron chi connectivity index (χ3n) is 5.94. The molecule has 33 heavy (non-hydrogen) atoms. The van der Waals surface area contributed by atoms with E-state index in [2.05, 4.69) is 6.07 Å². The van der Waals surface area contributed by atoms with E-state index in [1.807, 2.05) is 18.2 Å². The van der Waals surface area contributed by atoms with Crippen LogP contribution in [0.3, 0.4) is 0 Å². The minimum absolute atomic E-state index is 0.154. The maximum atomic E-state index is 12.7. The van der Waals surface area contributed by atoms with E-state index in [1.54, 1.807) is 41.3 Å². The Bertz CT molecular complexity index is 1260. The number of esters is 1. The van der Waals surface area contributed by atoms with Crippen LogP contribution in [0.15, 0.2) is 72.8 Å². The fourth-order valence-corrected chi connectivity index (χ4v) is 4.21. The molecule has 0 radical (unpaired) electrons. The van der Waals surface area contributed by atoms with E-state index in [0.29, 0.717) is 24.2 Å². The Morgan fingerprint density at radius 3 is 2.21 bits per heavy atom. The summed E-state index contributed by atoms with van der Waals surface area (Å²) in [4.78, 5) is 53.3. The predicted molar refractivity (Wildman–Crippen MR) is 120 cm³/mol. The first-order chi connectivity index (χ1) is 16.0. The van der Waals surface area contributed by atoms with E-state index in [4.69, 9.17) is 4.74 Å². The molecule has 0 aliphatic carbocycles. The van der Waals surface area contributed by atoms with Crippen LogP contribution in [0, 0.1) is 0 Å². The minimum atomic E-state index is -0.695. The van der Waals surface area contributed by atoms with Gasteiger partial charge < -0.3 is 9.64 Å². The molecule has 2 aliphatic rings. The second kappa shape index (κ2) is 8.35. The molecule has 2 aliphatic heterocycles. The quantitative estimate of drug-likeness (QED) is 0.460. The number of hydrogen-bond donors (Lipinski definition) is 0. The molecule has 164 valence electrons. The van der Waals surface area contributed by atoms with Crippen LogP contribution in [0.5, 0.6) is 0 Å². The fourth-order valence-electron chi connectivity index (χ4n) is 4.21. The van der Waals surface area contributed by atoms with Crippen molar-refractivity contribution in [1.29, 1.82) is 0 Å². The lowest BCUT2D eigenvalue weighted by molar-refractivity contribution is -0.135. The van der Waals surface area contributed by atoms with Gasteiger partial charge in [-0.25, -0.2) is 9.69 Å². The molecule has 7 nitrogen and oxygen atoms in total. The fraction of sp³-hybridized carbons (Fsp3) is 0.154. The molecule has 2 heterocycles. The Balaban J connectivity index is 1.25. The van der Waals surface area contributed by atoms with Gasteiger partial charge in [0.15, 0.2) is 6.61 Å². The third-order valence-corrected chi connectivity index (χ3v) is 5.94. The van der Waals surface area contributed by atoms with Crippen LogP contribution in [-0.4, -0.2) is 41.7 Å². The average Bonchev–Trinajstić information content (AvgIpc) is 3.12. The van der Waals surface area contributed by atoms with Crippen LogP contribution in [0.1, 0.15) is 42.2 Å². The van der Waals surface area contributed by atoms with Gasteiger partial charge in [-0.05, 0) is 47.9 Å². The minimum Gasteiger partial charge on any atom is -0.452 e. The summed E-state index contributed by atoms with van der Waals surface area (Å²) < 4.78 is 5.25. The summed E-state index contributed by atoms with van der Waals surface area (Å²) in [5.41, 5.74) is 3.39. The molecule has 0 spiro atoms. The van der Waals surface area contributed by atoms with Crippen LogP contribution < -0.4 is 4.90 Å². The van der Waals surface area contributed by atoms with E-state index in [-0.39, 0.29) is 23.8 Å². The lowest BCUT2D eigenvalue weighted by Crippen LogP contribution is -2.38. The molecule has 0 aromatic heterocycles. The van der Waals surface area contributed by atoms with Crippen molar-refractivity contribution >= 4 is 29.4 Å².